The topological polar surface area (TPSA) is 137 Å². The van der Waals surface area contributed by atoms with E-state index in [1.807, 2.05) is 12.1 Å². The van der Waals surface area contributed by atoms with E-state index < -0.39 is 11.9 Å². The zero-order chi connectivity index (χ0) is 25.1. The van der Waals surface area contributed by atoms with E-state index in [4.69, 9.17) is 5.11 Å². The molecule has 1 heterocycles. The first-order chi connectivity index (χ1) is 16.7. The summed E-state index contributed by atoms with van der Waals surface area (Å²) < 4.78 is 0.937. The number of halogens is 1. The van der Waals surface area contributed by atoms with Gasteiger partial charge >= 0.3 is 5.97 Å². The summed E-state index contributed by atoms with van der Waals surface area (Å²) in [4.78, 5) is 48.2. The van der Waals surface area contributed by atoms with Crippen LogP contribution in [0.15, 0.2) is 65.8 Å². The molecule has 4 rings (SSSR count). The van der Waals surface area contributed by atoms with Crippen molar-refractivity contribution in [3.05, 3.63) is 97.6 Å². The van der Waals surface area contributed by atoms with Crippen LogP contribution >= 0.6 is 22.6 Å². The fourth-order valence-corrected chi connectivity index (χ4v) is 4.00. The number of carboxylic acids is 1. The molecule has 4 N–H and O–H groups in total. The Morgan fingerprint density at radius 2 is 1.69 bits per heavy atom. The Balaban J connectivity index is 1.36. The molecule has 1 aliphatic heterocycles. The van der Waals surface area contributed by atoms with Crippen LogP contribution in [-0.4, -0.2) is 34.5 Å². The summed E-state index contributed by atoms with van der Waals surface area (Å²) in [7, 11) is 0. The van der Waals surface area contributed by atoms with Gasteiger partial charge in [0.15, 0.2) is 5.71 Å². The maximum absolute atomic E-state index is 12.5. The second kappa shape index (κ2) is 10.1. The second-order valence-electron chi connectivity index (χ2n) is 7.76. The predicted octanol–water partition coefficient (Wildman–Crippen LogP) is 3.31. The number of rotatable bonds is 6. The predicted molar refractivity (Wildman–Crippen MR) is 138 cm³/mol. The highest BCUT2D eigenvalue weighted by Crippen LogP contribution is 2.25. The van der Waals surface area contributed by atoms with Crippen molar-refractivity contribution in [2.24, 2.45) is 5.10 Å². The number of carbonyl (C=O) groups is 4. The average molecular weight is 582 g/mol. The lowest BCUT2D eigenvalue weighted by atomic mass is 10.0. The first kappa shape index (κ1) is 24.1. The Bertz CT molecular complexity index is 1400. The summed E-state index contributed by atoms with van der Waals surface area (Å²) in [5.41, 5.74) is 5.92. The van der Waals surface area contributed by atoms with Crippen LogP contribution in [0.4, 0.5) is 5.69 Å². The lowest BCUT2D eigenvalue weighted by Crippen LogP contribution is -2.24. The second-order valence-corrected chi connectivity index (χ2v) is 9.01. The van der Waals surface area contributed by atoms with Crippen LogP contribution in [0.5, 0.6) is 0 Å². The van der Waals surface area contributed by atoms with Gasteiger partial charge in [0.05, 0.1) is 11.3 Å². The Morgan fingerprint density at radius 1 is 0.971 bits per heavy atom. The number of carboxylic acid groups (broad SMARTS) is 1. The van der Waals surface area contributed by atoms with Crippen molar-refractivity contribution >= 4 is 57.7 Å². The maximum atomic E-state index is 12.5. The first-order valence-electron chi connectivity index (χ1n) is 10.4. The van der Waals surface area contributed by atoms with E-state index in [2.05, 4.69) is 43.8 Å². The molecular formula is C25H19IN4O5. The van der Waals surface area contributed by atoms with Crippen molar-refractivity contribution in [2.45, 2.75) is 13.5 Å². The fraction of sp³-hybridized carbons (Fsp3) is 0.0800. The molecule has 3 aromatic rings. The molecular weight excluding hydrogens is 563 g/mol. The number of aryl methyl sites for hydroxylation is 1. The van der Waals surface area contributed by atoms with Gasteiger partial charge in [0, 0.05) is 26.8 Å². The molecule has 0 saturated carbocycles. The van der Waals surface area contributed by atoms with Crippen molar-refractivity contribution in [1.82, 2.24) is 10.7 Å². The SMILES string of the molecule is Cc1cc(C(=O)NCc2ccc(C(=O)NN=C3C(=O)Nc4ccc(I)cc43)cc2)ccc1C(=O)O. The van der Waals surface area contributed by atoms with Crippen LogP contribution in [0.2, 0.25) is 0 Å². The zero-order valence-electron chi connectivity index (χ0n) is 18.4. The van der Waals surface area contributed by atoms with Gasteiger partial charge in [-0.15, -0.1) is 0 Å². The van der Waals surface area contributed by atoms with Gasteiger partial charge in [-0.3, -0.25) is 14.4 Å². The minimum absolute atomic E-state index is 0.137. The number of nitrogens with one attached hydrogen (secondary N) is 3. The van der Waals surface area contributed by atoms with Gasteiger partial charge in [-0.1, -0.05) is 12.1 Å². The van der Waals surface area contributed by atoms with Gasteiger partial charge in [0.25, 0.3) is 17.7 Å². The molecule has 3 aromatic carbocycles. The van der Waals surface area contributed by atoms with Gasteiger partial charge in [-0.05, 0) is 89.2 Å². The summed E-state index contributed by atoms with van der Waals surface area (Å²) in [6.45, 7) is 1.85. The molecule has 35 heavy (non-hydrogen) atoms. The van der Waals surface area contributed by atoms with Gasteiger partial charge < -0.3 is 15.7 Å². The molecule has 0 aromatic heterocycles. The maximum Gasteiger partial charge on any atom is 0.335 e. The Morgan fingerprint density at radius 3 is 2.37 bits per heavy atom. The average Bonchev–Trinajstić information content (AvgIpc) is 3.15. The highest BCUT2D eigenvalue weighted by Gasteiger charge is 2.26. The normalized spacial score (nSPS) is 13.2. The van der Waals surface area contributed by atoms with E-state index in [9.17, 15) is 19.2 Å². The number of carbonyl (C=O) groups excluding carboxylic acids is 3. The third kappa shape index (κ3) is 5.38. The van der Waals surface area contributed by atoms with Gasteiger partial charge in [0.1, 0.15) is 0 Å². The molecule has 0 atom stereocenters. The van der Waals surface area contributed by atoms with E-state index in [0.29, 0.717) is 27.9 Å². The van der Waals surface area contributed by atoms with Crippen LogP contribution in [0.1, 0.15) is 47.8 Å². The standard InChI is InChI=1S/C25H19IN4O5/c1-13-10-16(6-8-18(13)25(34)35)22(31)27-12-14-2-4-15(5-3-14)23(32)30-29-21-19-11-17(26)7-9-20(19)28-24(21)33/h2-11H,12H2,1H3,(H,27,31)(H,30,32)(H,34,35)(H,28,29,33). The van der Waals surface area contributed by atoms with Crippen molar-refractivity contribution in [2.75, 3.05) is 5.32 Å². The third-order valence-electron chi connectivity index (χ3n) is 5.36. The van der Waals surface area contributed by atoms with Crippen LogP contribution in [-0.2, 0) is 11.3 Å². The Kier molecular flexibility index (Phi) is 6.92. The molecule has 0 fully saturated rings. The number of hydrogen-bond acceptors (Lipinski definition) is 5. The number of fused-ring (bicyclic) bond motifs is 1. The molecule has 0 bridgehead atoms. The molecule has 1 aliphatic rings. The summed E-state index contributed by atoms with van der Waals surface area (Å²) in [6, 6.07) is 16.4. The number of aromatic carboxylic acids is 1. The number of anilines is 1. The number of hydrogen-bond donors (Lipinski definition) is 4. The molecule has 176 valence electrons. The molecule has 10 heteroatoms. The van der Waals surface area contributed by atoms with Crippen LogP contribution in [0.3, 0.4) is 0 Å². The van der Waals surface area contributed by atoms with Crippen molar-refractivity contribution in [3.63, 3.8) is 0 Å². The van der Waals surface area contributed by atoms with E-state index in [1.54, 1.807) is 37.3 Å². The Hall–Kier alpha value is -4.06. The highest BCUT2D eigenvalue weighted by atomic mass is 127. The molecule has 3 amide bonds. The summed E-state index contributed by atoms with van der Waals surface area (Å²) in [5.74, 6) is -2.25. The molecule has 0 spiro atoms. The van der Waals surface area contributed by atoms with Crippen LogP contribution < -0.4 is 16.1 Å². The highest BCUT2D eigenvalue weighted by molar-refractivity contribution is 14.1. The smallest absolute Gasteiger partial charge is 0.335 e. The number of hydrazone groups is 1. The van der Waals surface area contributed by atoms with E-state index in [0.717, 1.165) is 9.13 Å². The molecule has 0 saturated heterocycles. The largest absolute Gasteiger partial charge is 0.478 e. The van der Waals surface area contributed by atoms with E-state index >= 15 is 0 Å². The number of benzene rings is 3. The van der Waals surface area contributed by atoms with E-state index in [1.165, 1.54) is 18.2 Å². The first-order valence-corrected chi connectivity index (χ1v) is 11.5. The Labute approximate surface area is 213 Å². The molecule has 0 aliphatic carbocycles. The summed E-state index contributed by atoms with van der Waals surface area (Å²) in [5, 5.41) is 18.6. The minimum Gasteiger partial charge on any atom is -0.478 e. The van der Waals surface area contributed by atoms with Crippen LogP contribution in [0.25, 0.3) is 0 Å². The molecule has 0 unspecified atom stereocenters. The van der Waals surface area contributed by atoms with Gasteiger partial charge in [-0.2, -0.15) is 5.10 Å². The number of nitrogens with zero attached hydrogens (tertiary/aromatic N) is 1. The van der Waals surface area contributed by atoms with Crippen LogP contribution in [0, 0.1) is 10.5 Å². The quantitative estimate of drug-likeness (QED) is 0.261. The van der Waals surface area contributed by atoms with Gasteiger partial charge in [-0.25, -0.2) is 10.2 Å². The lowest BCUT2D eigenvalue weighted by Gasteiger charge is -2.08. The fourth-order valence-electron chi connectivity index (χ4n) is 3.51. The molecule has 9 nitrogen and oxygen atoms in total. The van der Waals surface area contributed by atoms with E-state index in [-0.39, 0.29) is 29.6 Å². The van der Waals surface area contributed by atoms with Crippen molar-refractivity contribution in [3.8, 4) is 0 Å². The zero-order valence-corrected chi connectivity index (χ0v) is 20.5. The molecule has 0 radical (unpaired) electrons. The summed E-state index contributed by atoms with van der Waals surface area (Å²) in [6.07, 6.45) is 0. The van der Waals surface area contributed by atoms with Crippen molar-refractivity contribution in [1.29, 1.82) is 0 Å². The summed E-state index contributed by atoms with van der Waals surface area (Å²) >= 11 is 2.13. The third-order valence-corrected chi connectivity index (χ3v) is 6.03. The van der Waals surface area contributed by atoms with Crippen molar-refractivity contribution < 1.29 is 24.3 Å². The lowest BCUT2D eigenvalue weighted by molar-refractivity contribution is -0.110. The van der Waals surface area contributed by atoms with Gasteiger partial charge in [0.2, 0.25) is 0 Å². The number of amides is 3. The monoisotopic (exact) mass is 582 g/mol. The minimum atomic E-state index is -1.05.